The number of carbonyl (C=O) groups excluding carboxylic acids is 1. The van der Waals surface area contributed by atoms with Gasteiger partial charge < -0.3 is 16.2 Å². The minimum atomic E-state index is -0.212. The molecule has 1 amide bonds. The van der Waals surface area contributed by atoms with Crippen molar-refractivity contribution in [3.63, 3.8) is 0 Å². The highest BCUT2D eigenvalue weighted by molar-refractivity contribution is 5.99. The zero-order valence-electron chi connectivity index (χ0n) is 10.7. The molecule has 1 aliphatic rings. The lowest BCUT2D eigenvalue weighted by atomic mass is 9.89. The van der Waals surface area contributed by atoms with E-state index >= 15 is 0 Å². The van der Waals surface area contributed by atoms with Crippen molar-refractivity contribution in [1.82, 2.24) is 5.32 Å². The largest absolute Gasteiger partial charge is 0.508 e. The van der Waals surface area contributed by atoms with Crippen molar-refractivity contribution in [3.05, 3.63) is 23.8 Å². The van der Waals surface area contributed by atoms with Gasteiger partial charge in [0.15, 0.2) is 0 Å². The quantitative estimate of drug-likeness (QED) is 0.567. The van der Waals surface area contributed by atoms with Crippen LogP contribution < -0.4 is 11.1 Å². The summed E-state index contributed by atoms with van der Waals surface area (Å²) in [6, 6.07) is 4.42. The van der Waals surface area contributed by atoms with Crippen molar-refractivity contribution in [1.29, 1.82) is 0 Å². The first kappa shape index (κ1) is 12.7. The topological polar surface area (TPSA) is 75.3 Å². The highest BCUT2D eigenvalue weighted by Gasteiger charge is 2.29. The van der Waals surface area contributed by atoms with E-state index in [0.29, 0.717) is 17.8 Å². The summed E-state index contributed by atoms with van der Waals surface area (Å²) in [6.45, 7) is 2.87. The van der Waals surface area contributed by atoms with E-state index in [9.17, 15) is 9.90 Å². The van der Waals surface area contributed by atoms with Gasteiger partial charge in [-0.2, -0.15) is 0 Å². The molecule has 0 radical (unpaired) electrons. The van der Waals surface area contributed by atoms with Crippen LogP contribution in [0.15, 0.2) is 18.2 Å². The zero-order valence-corrected chi connectivity index (χ0v) is 10.7. The summed E-state index contributed by atoms with van der Waals surface area (Å²) in [5.41, 5.74) is 6.68. The summed E-state index contributed by atoms with van der Waals surface area (Å²) in [6.07, 6.45) is 4.78. The molecule has 1 saturated carbocycles. The first-order valence-electron chi connectivity index (χ1n) is 6.37. The average Bonchev–Trinajstić information content (AvgIpc) is 2.77. The molecule has 0 aliphatic heterocycles. The summed E-state index contributed by atoms with van der Waals surface area (Å²) < 4.78 is 0. The maximum atomic E-state index is 12.0. The molecule has 4 heteroatoms. The first-order chi connectivity index (χ1) is 8.50. The van der Waals surface area contributed by atoms with Crippen LogP contribution in [-0.4, -0.2) is 17.6 Å². The number of hydrogen-bond donors (Lipinski definition) is 3. The lowest BCUT2D eigenvalue weighted by Gasteiger charge is -2.23. The van der Waals surface area contributed by atoms with E-state index in [0.717, 1.165) is 12.8 Å². The fraction of sp³-hybridized carbons (Fsp3) is 0.500. The van der Waals surface area contributed by atoms with E-state index in [1.54, 1.807) is 6.07 Å². The van der Waals surface area contributed by atoms with Gasteiger partial charge in [0, 0.05) is 12.2 Å². The van der Waals surface area contributed by atoms with Crippen molar-refractivity contribution in [2.75, 3.05) is 12.3 Å². The number of benzene rings is 1. The second kappa shape index (κ2) is 4.88. The Balaban J connectivity index is 2.01. The monoisotopic (exact) mass is 248 g/mol. The molecule has 0 spiro atoms. The molecule has 0 aromatic heterocycles. The number of nitrogens with one attached hydrogen (secondary N) is 1. The van der Waals surface area contributed by atoms with Crippen molar-refractivity contribution >= 4 is 11.6 Å². The molecule has 1 aliphatic carbocycles. The Morgan fingerprint density at radius 3 is 2.78 bits per heavy atom. The molecule has 1 fully saturated rings. The minimum absolute atomic E-state index is 0.0569. The Kier molecular flexibility index (Phi) is 3.45. The van der Waals surface area contributed by atoms with E-state index in [2.05, 4.69) is 12.2 Å². The predicted octanol–water partition coefficient (Wildman–Crippen LogP) is 2.28. The third kappa shape index (κ3) is 2.75. The van der Waals surface area contributed by atoms with Gasteiger partial charge in [-0.05, 0) is 36.5 Å². The van der Waals surface area contributed by atoms with Gasteiger partial charge in [0.2, 0.25) is 0 Å². The fourth-order valence-electron chi connectivity index (χ4n) is 2.54. The fourth-order valence-corrected chi connectivity index (χ4v) is 2.54. The molecule has 1 aromatic carbocycles. The highest BCUT2D eigenvalue weighted by Crippen LogP contribution is 2.36. The second-order valence-corrected chi connectivity index (χ2v) is 5.47. The second-order valence-electron chi connectivity index (χ2n) is 5.47. The molecule has 4 nitrogen and oxygen atoms in total. The van der Waals surface area contributed by atoms with Crippen LogP contribution in [0, 0.1) is 5.41 Å². The zero-order chi connectivity index (χ0) is 13.2. The number of nitrogens with two attached hydrogens (primary N) is 1. The molecule has 2 rings (SSSR count). The molecule has 0 atom stereocenters. The molecule has 18 heavy (non-hydrogen) atoms. The molecule has 4 N–H and O–H groups in total. The smallest absolute Gasteiger partial charge is 0.253 e. The molecular formula is C14H20N2O2. The molecular weight excluding hydrogens is 228 g/mol. The Labute approximate surface area is 107 Å². The van der Waals surface area contributed by atoms with E-state index in [1.165, 1.54) is 25.0 Å². The molecule has 0 saturated heterocycles. The van der Waals surface area contributed by atoms with Gasteiger partial charge in [-0.3, -0.25) is 4.79 Å². The third-order valence-corrected chi connectivity index (χ3v) is 3.77. The van der Waals surface area contributed by atoms with Gasteiger partial charge in [0.1, 0.15) is 5.75 Å². The number of aromatic hydroxyl groups is 1. The van der Waals surface area contributed by atoms with Crippen LogP contribution in [0.4, 0.5) is 5.69 Å². The highest BCUT2D eigenvalue weighted by atomic mass is 16.3. The molecule has 0 heterocycles. The Bertz CT molecular complexity index is 451. The van der Waals surface area contributed by atoms with E-state index in [1.807, 2.05) is 0 Å². The van der Waals surface area contributed by atoms with E-state index < -0.39 is 0 Å². The van der Waals surface area contributed by atoms with Gasteiger partial charge >= 0.3 is 0 Å². The summed E-state index contributed by atoms with van der Waals surface area (Å²) in [5.74, 6) is -0.155. The maximum Gasteiger partial charge on any atom is 0.253 e. The van der Waals surface area contributed by atoms with Crippen LogP contribution >= 0.6 is 0 Å². The number of nitrogen functional groups attached to an aromatic ring is 1. The number of phenolic OH excluding ortho intramolecular Hbond substituents is 1. The average molecular weight is 248 g/mol. The van der Waals surface area contributed by atoms with Crippen LogP contribution in [0.1, 0.15) is 43.0 Å². The van der Waals surface area contributed by atoms with E-state index in [-0.39, 0.29) is 17.1 Å². The Morgan fingerprint density at radius 2 is 2.11 bits per heavy atom. The summed E-state index contributed by atoms with van der Waals surface area (Å²) >= 11 is 0. The number of rotatable bonds is 3. The number of carbonyl (C=O) groups is 1. The lowest BCUT2D eigenvalue weighted by molar-refractivity contribution is 0.0935. The Morgan fingerprint density at radius 1 is 1.44 bits per heavy atom. The minimum Gasteiger partial charge on any atom is -0.508 e. The maximum absolute atomic E-state index is 12.0. The lowest BCUT2D eigenvalue weighted by Crippen LogP contribution is -2.34. The summed E-state index contributed by atoms with van der Waals surface area (Å²) in [4.78, 5) is 12.0. The van der Waals surface area contributed by atoms with Gasteiger partial charge in [-0.15, -0.1) is 0 Å². The van der Waals surface area contributed by atoms with Crippen molar-refractivity contribution in [2.24, 2.45) is 5.41 Å². The van der Waals surface area contributed by atoms with Crippen LogP contribution in [0.3, 0.4) is 0 Å². The van der Waals surface area contributed by atoms with E-state index in [4.69, 9.17) is 5.73 Å². The number of phenols is 1. The van der Waals surface area contributed by atoms with Crippen LogP contribution in [-0.2, 0) is 0 Å². The number of hydrogen-bond acceptors (Lipinski definition) is 3. The van der Waals surface area contributed by atoms with Crippen LogP contribution in [0.2, 0.25) is 0 Å². The predicted molar refractivity (Wildman–Crippen MR) is 71.4 cm³/mol. The van der Waals surface area contributed by atoms with Crippen LogP contribution in [0.25, 0.3) is 0 Å². The van der Waals surface area contributed by atoms with Gasteiger partial charge in [0.25, 0.3) is 5.91 Å². The van der Waals surface area contributed by atoms with Gasteiger partial charge in [0.05, 0.1) is 5.56 Å². The number of amides is 1. The summed E-state index contributed by atoms with van der Waals surface area (Å²) in [5, 5.41) is 12.3. The molecule has 1 aromatic rings. The SMILES string of the molecule is CC1(CNC(=O)c2cc(O)ccc2N)CCCC1. The standard InChI is InChI=1S/C14H20N2O2/c1-14(6-2-3-7-14)9-16-13(18)11-8-10(17)4-5-12(11)15/h4-5,8,17H,2-3,6-7,9,15H2,1H3,(H,16,18). The molecule has 0 bridgehead atoms. The van der Waals surface area contributed by atoms with Crippen LogP contribution in [0.5, 0.6) is 5.75 Å². The number of anilines is 1. The third-order valence-electron chi connectivity index (χ3n) is 3.77. The van der Waals surface area contributed by atoms with Crippen molar-refractivity contribution in [3.8, 4) is 5.75 Å². The normalized spacial score (nSPS) is 17.6. The van der Waals surface area contributed by atoms with Gasteiger partial charge in [-0.1, -0.05) is 19.8 Å². The van der Waals surface area contributed by atoms with Crippen molar-refractivity contribution in [2.45, 2.75) is 32.6 Å². The Hall–Kier alpha value is -1.71. The van der Waals surface area contributed by atoms with Crippen molar-refractivity contribution < 1.29 is 9.90 Å². The first-order valence-corrected chi connectivity index (χ1v) is 6.37. The molecule has 0 unspecified atom stereocenters. The summed E-state index contributed by atoms with van der Waals surface area (Å²) in [7, 11) is 0. The van der Waals surface area contributed by atoms with Gasteiger partial charge in [-0.25, -0.2) is 0 Å². The molecule has 98 valence electrons.